The van der Waals surface area contributed by atoms with E-state index in [0.717, 1.165) is 73.1 Å². The molecule has 40 heavy (non-hydrogen) atoms. The van der Waals surface area contributed by atoms with Gasteiger partial charge in [0, 0.05) is 35.9 Å². The number of anilines is 1. The third-order valence-electron chi connectivity index (χ3n) is 7.70. The molecule has 2 atom stereocenters. The smallest absolute Gasteiger partial charge is 0.265 e. The van der Waals surface area contributed by atoms with Gasteiger partial charge in [0.2, 0.25) is 0 Å². The second-order valence-corrected chi connectivity index (χ2v) is 13.8. The number of amides is 1. The molecule has 0 aromatic carbocycles. The van der Waals surface area contributed by atoms with Crippen molar-refractivity contribution in [2.24, 2.45) is 16.3 Å². The Hall–Kier alpha value is -2.87. The van der Waals surface area contributed by atoms with Crippen LogP contribution in [0.3, 0.4) is 0 Å². The number of fused-ring (bicyclic) bond motifs is 4. The Morgan fingerprint density at radius 3 is 2.67 bits per heavy atom. The van der Waals surface area contributed by atoms with E-state index in [0.29, 0.717) is 11.5 Å². The van der Waals surface area contributed by atoms with E-state index in [1.165, 1.54) is 11.9 Å². The van der Waals surface area contributed by atoms with Gasteiger partial charge in [0.15, 0.2) is 0 Å². The fourth-order valence-electron chi connectivity index (χ4n) is 5.62. The highest BCUT2D eigenvalue weighted by Crippen LogP contribution is 2.41. The van der Waals surface area contributed by atoms with E-state index in [9.17, 15) is 4.79 Å². The lowest BCUT2D eigenvalue weighted by molar-refractivity contribution is 0.0984. The molecule has 2 aliphatic heterocycles. The van der Waals surface area contributed by atoms with Crippen LogP contribution in [0.4, 0.5) is 5.82 Å². The molecule has 0 aliphatic carbocycles. The van der Waals surface area contributed by atoms with Gasteiger partial charge in [-0.05, 0) is 94.9 Å². The molecule has 2 bridgehead atoms. The molecule has 216 valence electrons. The molecular weight excluding hydrogens is 516 g/mol. The summed E-state index contributed by atoms with van der Waals surface area (Å²) in [6.45, 7) is 16.3. The number of aromatic nitrogens is 2. The van der Waals surface area contributed by atoms with E-state index in [1.807, 2.05) is 37.4 Å². The lowest BCUT2D eigenvalue weighted by Crippen LogP contribution is -2.40. The molecule has 7 nitrogen and oxygen atoms in total. The SMILES string of the molecule is CC/C=C1\NC(C)=NC(c2ccccn2)CCC2CN(c3nc(CCC(C)(C)C)ccc3C(=O)NS1)C(C)(C)C2. The van der Waals surface area contributed by atoms with Gasteiger partial charge in [-0.3, -0.25) is 19.5 Å². The first-order chi connectivity index (χ1) is 18.9. The largest absolute Gasteiger partial charge is 0.351 e. The second-order valence-electron chi connectivity index (χ2n) is 12.9. The zero-order valence-corrected chi connectivity index (χ0v) is 26.1. The molecule has 4 heterocycles. The van der Waals surface area contributed by atoms with E-state index in [1.54, 1.807) is 0 Å². The molecule has 2 N–H and O–H groups in total. The summed E-state index contributed by atoms with van der Waals surface area (Å²) in [5, 5.41) is 4.28. The van der Waals surface area contributed by atoms with E-state index in [4.69, 9.17) is 9.98 Å². The van der Waals surface area contributed by atoms with Gasteiger partial charge in [0.05, 0.1) is 28.2 Å². The second kappa shape index (κ2) is 12.8. The number of nitrogens with zero attached hydrogens (tertiary/aromatic N) is 4. The van der Waals surface area contributed by atoms with Gasteiger partial charge in [-0.15, -0.1) is 0 Å². The summed E-state index contributed by atoms with van der Waals surface area (Å²) in [6, 6.07) is 10.0. The minimum absolute atomic E-state index is 0.0344. The lowest BCUT2D eigenvalue weighted by atomic mass is 9.89. The predicted octanol–water partition coefficient (Wildman–Crippen LogP) is 7.23. The van der Waals surface area contributed by atoms with Crippen molar-refractivity contribution in [2.45, 2.75) is 98.6 Å². The maximum absolute atomic E-state index is 13.6. The van der Waals surface area contributed by atoms with Crippen LogP contribution in [0.15, 0.2) is 52.6 Å². The topological polar surface area (TPSA) is 82.5 Å². The van der Waals surface area contributed by atoms with Gasteiger partial charge in [-0.25, -0.2) is 4.98 Å². The number of carbonyl (C=O) groups is 1. The Balaban J connectivity index is 1.72. The minimum Gasteiger partial charge on any atom is -0.351 e. The molecule has 2 aromatic rings. The Morgan fingerprint density at radius 2 is 1.98 bits per heavy atom. The average Bonchev–Trinajstić information content (AvgIpc) is 3.21. The third kappa shape index (κ3) is 7.87. The van der Waals surface area contributed by atoms with Crippen LogP contribution in [0.5, 0.6) is 0 Å². The summed E-state index contributed by atoms with van der Waals surface area (Å²) in [7, 11) is 0. The predicted molar refractivity (Wildman–Crippen MR) is 167 cm³/mol. The van der Waals surface area contributed by atoms with Crippen LogP contribution >= 0.6 is 11.9 Å². The molecule has 2 aromatic heterocycles. The van der Waals surface area contributed by atoms with Crippen molar-refractivity contribution in [3.05, 3.63) is 64.6 Å². The van der Waals surface area contributed by atoms with Crippen molar-refractivity contribution < 1.29 is 4.79 Å². The van der Waals surface area contributed by atoms with Crippen LogP contribution < -0.4 is 14.9 Å². The summed E-state index contributed by atoms with van der Waals surface area (Å²) in [6.07, 6.45) is 9.65. The number of carbonyl (C=O) groups excluding carboxylic acids is 1. The Bertz CT molecular complexity index is 1230. The fourth-order valence-corrected chi connectivity index (χ4v) is 6.38. The van der Waals surface area contributed by atoms with Crippen molar-refractivity contribution in [2.75, 3.05) is 11.4 Å². The normalized spacial score (nSPS) is 23.0. The average molecular weight is 563 g/mol. The van der Waals surface area contributed by atoms with Gasteiger partial charge in [0.1, 0.15) is 5.82 Å². The summed E-state index contributed by atoms with van der Waals surface area (Å²) in [5.74, 6) is 1.95. The Labute approximate surface area is 244 Å². The highest BCUT2D eigenvalue weighted by atomic mass is 32.2. The molecule has 1 saturated heterocycles. The lowest BCUT2D eigenvalue weighted by Gasteiger charge is -2.34. The minimum atomic E-state index is -0.131. The maximum atomic E-state index is 13.6. The van der Waals surface area contributed by atoms with Gasteiger partial charge < -0.3 is 10.2 Å². The van der Waals surface area contributed by atoms with E-state index in [2.05, 4.69) is 73.6 Å². The molecule has 4 rings (SSSR count). The van der Waals surface area contributed by atoms with E-state index < -0.39 is 0 Å². The van der Waals surface area contributed by atoms with Crippen LogP contribution in [0.25, 0.3) is 0 Å². The molecule has 1 fully saturated rings. The zero-order valence-electron chi connectivity index (χ0n) is 25.3. The molecule has 8 heteroatoms. The Morgan fingerprint density at radius 1 is 1.18 bits per heavy atom. The number of hydrogen-bond acceptors (Lipinski definition) is 7. The van der Waals surface area contributed by atoms with Crippen molar-refractivity contribution in [1.29, 1.82) is 0 Å². The van der Waals surface area contributed by atoms with Crippen LogP contribution in [-0.4, -0.2) is 33.8 Å². The van der Waals surface area contributed by atoms with Gasteiger partial charge in [0.25, 0.3) is 5.91 Å². The summed E-state index contributed by atoms with van der Waals surface area (Å²) in [5.41, 5.74) is 2.76. The quantitative estimate of drug-likeness (QED) is 0.383. The monoisotopic (exact) mass is 562 g/mol. The number of hydrogen-bond donors (Lipinski definition) is 2. The van der Waals surface area contributed by atoms with Crippen LogP contribution in [0.2, 0.25) is 0 Å². The molecule has 0 saturated carbocycles. The Kier molecular flexibility index (Phi) is 9.60. The molecule has 2 aliphatic rings. The third-order valence-corrected chi connectivity index (χ3v) is 8.47. The molecule has 0 radical (unpaired) electrons. The molecule has 1 amide bonds. The van der Waals surface area contributed by atoms with Crippen LogP contribution in [0, 0.1) is 11.3 Å². The van der Waals surface area contributed by atoms with Crippen molar-refractivity contribution in [3.63, 3.8) is 0 Å². The maximum Gasteiger partial charge on any atom is 0.265 e. The first-order valence-corrected chi connectivity index (χ1v) is 15.4. The standard InChI is InChI=1S/C32H46N6OS/c1-8-11-28-35-22(2)34-27(26-12-9-10-19-33-26)16-13-23-20-32(6,7)38(21-23)29-25(30(39)37-40-28)15-14-24(36-29)17-18-31(3,4)5/h9-12,14-15,19,23,27H,8,13,16-18,20-21H2,1-7H3,(H,34,35)(H,37,39)/b28-11+. The number of nitrogens with one attached hydrogen (secondary N) is 2. The molecule has 2 unspecified atom stereocenters. The summed E-state index contributed by atoms with van der Waals surface area (Å²) >= 11 is 1.29. The van der Waals surface area contributed by atoms with Gasteiger partial charge in [-0.1, -0.05) is 39.8 Å². The summed E-state index contributed by atoms with van der Waals surface area (Å²) in [4.78, 5) is 30.9. The van der Waals surface area contributed by atoms with Crippen LogP contribution in [-0.2, 0) is 6.42 Å². The van der Waals surface area contributed by atoms with E-state index >= 15 is 0 Å². The van der Waals surface area contributed by atoms with E-state index in [-0.39, 0.29) is 22.9 Å². The van der Waals surface area contributed by atoms with Crippen molar-refractivity contribution >= 4 is 29.5 Å². The van der Waals surface area contributed by atoms with Crippen LogP contribution in [0.1, 0.15) is 108 Å². The number of allylic oxidation sites excluding steroid dienone is 1. The van der Waals surface area contributed by atoms with Gasteiger partial charge in [-0.2, -0.15) is 0 Å². The fraction of sp³-hybridized carbons (Fsp3) is 0.562. The van der Waals surface area contributed by atoms with Crippen molar-refractivity contribution in [3.8, 4) is 0 Å². The number of pyridine rings is 2. The highest BCUT2D eigenvalue weighted by Gasteiger charge is 2.41. The first-order valence-electron chi connectivity index (χ1n) is 14.6. The highest BCUT2D eigenvalue weighted by molar-refractivity contribution is 8.01. The van der Waals surface area contributed by atoms with Gasteiger partial charge >= 0.3 is 0 Å². The number of amidine groups is 1. The number of aryl methyl sites for hydroxylation is 1. The molecule has 0 spiro atoms. The zero-order chi connectivity index (χ0) is 28.9. The summed E-state index contributed by atoms with van der Waals surface area (Å²) < 4.78 is 3.08. The number of rotatable bonds is 4. The first kappa shape index (κ1) is 30.1. The number of aliphatic imine (C=N–C) groups is 1. The van der Waals surface area contributed by atoms with Crippen molar-refractivity contribution in [1.82, 2.24) is 20.0 Å². The molecular formula is C32H46N6OS.